The second-order valence-electron chi connectivity index (χ2n) is 4.63. The summed E-state index contributed by atoms with van der Waals surface area (Å²) in [6.45, 7) is 6.06. The standard InChI is InChI=1S/C15H16Cl2N2/c1-9-4-7-15(11(3)18-9)19-10(2)12-5-6-13(16)14(17)8-12/h4-8,10,19H,1-3H3. The Balaban J connectivity index is 2.20. The summed E-state index contributed by atoms with van der Waals surface area (Å²) < 4.78 is 0. The largest absolute Gasteiger partial charge is 0.377 e. The number of aryl methyl sites for hydroxylation is 2. The zero-order valence-corrected chi connectivity index (χ0v) is 12.7. The summed E-state index contributed by atoms with van der Waals surface area (Å²) in [6.07, 6.45) is 0. The zero-order valence-electron chi connectivity index (χ0n) is 11.2. The fraction of sp³-hybridized carbons (Fsp3) is 0.267. The van der Waals surface area contributed by atoms with Crippen LogP contribution in [0.3, 0.4) is 0 Å². The minimum Gasteiger partial charge on any atom is -0.377 e. The number of aromatic nitrogens is 1. The van der Waals surface area contributed by atoms with Crippen LogP contribution < -0.4 is 5.32 Å². The molecule has 0 saturated heterocycles. The van der Waals surface area contributed by atoms with Gasteiger partial charge in [-0.25, -0.2) is 0 Å². The molecule has 0 spiro atoms. The zero-order chi connectivity index (χ0) is 14.0. The molecule has 0 bridgehead atoms. The molecule has 1 aromatic carbocycles. The van der Waals surface area contributed by atoms with Gasteiger partial charge in [-0.1, -0.05) is 29.3 Å². The minimum atomic E-state index is 0.137. The summed E-state index contributed by atoms with van der Waals surface area (Å²) in [5.74, 6) is 0. The Hall–Kier alpha value is -1.25. The van der Waals surface area contributed by atoms with Crippen molar-refractivity contribution in [3.63, 3.8) is 0 Å². The molecule has 1 heterocycles. The lowest BCUT2D eigenvalue weighted by Gasteiger charge is -2.17. The molecule has 0 aliphatic heterocycles. The number of nitrogens with one attached hydrogen (secondary N) is 1. The summed E-state index contributed by atoms with van der Waals surface area (Å²) in [5.41, 5.74) is 4.13. The Labute approximate surface area is 123 Å². The Morgan fingerprint density at radius 1 is 1.05 bits per heavy atom. The van der Waals surface area contributed by atoms with Crippen molar-refractivity contribution in [3.05, 3.63) is 57.3 Å². The normalized spacial score (nSPS) is 12.3. The minimum absolute atomic E-state index is 0.137. The number of anilines is 1. The van der Waals surface area contributed by atoms with Gasteiger partial charge in [0.15, 0.2) is 0 Å². The number of benzene rings is 1. The average Bonchev–Trinajstić information content (AvgIpc) is 2.36. The van der Waals surface area contributed by atoms with Gasteiger partial charge in [0.1, 0.15) is 0 Å². The van der Waals surface area contributed by atoms with Crippen LogP contribution >= 0.6 is 23.2 Å². The highest BCUT2D eigenvalue weighted by molar-refractivity contribution is 6.42. The molecular weight excluding hydrogens is 279 g/mol. The van der Waals surface area contributed by atoms with Crippen LogP contribution in [-0.2, 0) is 0 Å². The van der Waals surface area contributed by atoms with E-state index in [9.17, 15) is 0 Å². The van der Waals surface area contributed by atoms with Crippen molar-refractivity contribution in [3.8, 4) is 0 Å². The van der Waals surface area contributed by atoms with Crippen LogP contribution in [0.25, 0.3) is 0 Å². The predicted octanol–water partition coefficient (Wildman–Crippen LogP) is 5.18. The van der Waals surface area contributed by atoms with E-state index in [1.165, 1.54) is 0 Å². The molecule has 1 atom stereocenters. The molecule has 2 nitrogen and oxygen atoms in total. The lowest BCUT2D eigenvalue weighted by atomic mass is 10.1. The quantitative estimate of drug-likeness (QED) is 0.844. The first-order chi connectivity index (χ1) is 8.97. The van der Waals surface area contributed by atoms with Gasteiger partial charge < -0.3 is 5.32 Å². The molecule has 4 heteroatoms. The van der Waals surface area contributed by atoms with Crippen LogP contribution in [0.2, 0.25) is 10.0 Å². The highest BCUT2D eigenvalue weighted by Gasteiger charge is 2.09. The summed E-state index contributed by atoms with van der Waals surface area (Å²) in [6, 6.07) is 9.86. The van der Waals surface area contributed by atoms with Gasteiger partial charge in [0.05, 0.1) is 21.4 Å². The Morgan fingerprint density at radius 2 is 1.79 bits per heavy atom. The van der Waals surface area contributed by atoms with E-state index in [1.807, 2.05) is 44.2 Å². The number of halogens is 2. The lowest BCUT2D eigenvalue weighted by Crippen LogP contribution is -2.08. The molecule has 19 heavy (non-hydrogen) atoms. The molecule has 1 N–H and O–H groups in total. The van der Waals surface area contributed by atoms with E-state index in [0.717, 1.165) is 22.6 Å². The summed E-state index contributed by atoms with van der Waals surface area (Å²) in [4.78, 5) is 4.44. The van der Waals surface area contributed by atoms with Crippen LogP contribution in [0.4, 0.5) is 5.69 Å². The van der Waals surface area contributed by atoms with Gasteiger partial charge in [-0.3, -0.25) is 4.98 Å². The molecule has 1 aromatic heterocycles. The molecule has 1 unspecified atom stereocenters. The second-order valence-corrected chi connectivity index (χ2v) is 5.44. The van der Waals surface area contributed by atoms with Crippen LogP contribution in [0, 0.1) is 13.8 Å². The van der Waals surface area contributed by atoms with Crippen molar-refractivity contribution in [1.82, 2.24) is 4.98 Å². The highest BCUT2D eigenvalue weighted by Crippen LogP contribution is 2.27. The molecular formula is C15H16Cl2N2. The van der Waals surface area contributed by atoms with Crippen molar-refractivity contribution in [1.29, 1.82) is 0 Å². The smallest absolute Gasteiger partial charge is 0.0607 e. The number of hydrogen-bond donors (Lipinski definition) is 1. The lowest BCUT2D eigenvalue weighted by molar-refractivity contribution is 0.878. The monoisotopic (exact) mass is 294 g/mol. The van der Waals surface area contributed by atoms with Gasteiger partial charge in [0.2, 0.25) is 0 Å². The van der Waals surface area contributed by atoms with Gasteiger partial charge in [-0.2, -0.15) is 0 Å². The molecule has 0 fully saturated rings. The molecule has 0 radical (unpaired) electrons. The van der Waals surface area contributed by atoms with Crippen LogP contribution in [0.15, 0.2) is 30.3 Å². The van der Waals surface area contributed by atoms with E-state index < -0.39 is 0 Å². The second kappa shape index (κ2) is 5.81. The SMILES string of the molecule is Cc1ccc(NC(C)c2ccc(Cl)c(Cl)c2)c(C)n1. The Morgan fingerprint density at radius 3 is 2.42 bits per heavy atom. The van der Waals surface area contributed by atoms with E-state index in [4.69, 9.17) is 23.2 Å². The van der Waals surface area contributed by atoms with Crippen LogP contribution in [0.5, 0.6) is 0 Å². The maximum Gasteiger partial charge on any atom is 0.0607 e. The van der Waals surface area contributed by atoms with E-state index >= 15 is 0 Å². The Bertz CT molecular complexity index is 597. The third-order valence-corrected chi connectivity index (χ3v) is 3.78. The molecule has 0 aliphatic carbocycles. The fourth-order valence-corrected chi connectivity index (χ4v) is 2.24. The number of hydrogen-bond acceptors (Lipinski definition) is 2. The number of pyridine rings is 1. The number of nitrogens with zero attached hydrogens (tertiary/aromatic N) is 1. The fourth-order valence-electron chi connectivity index (χ4n) is 1.94. The van der Waals surface area contributed by atoms with E-state index in [1.54, 1.807) is 0 Å². The summed E-state index contributed by atoms with van der Waals surface area (Å²) >= 11 is 12.0. The van der Waals surface area contributed by atoms with Gasteiger partial charge in [0, 0.05) is 11.7 Å². The van der Waals surface area contributed by atoms with Crippen molar-refractivity contribution < 1.29 is 0 Å². The van der Waals surface area contributed by atoms with Gasteiger partial charge in [-0.05, 0) is 50.6 Å². The Kier molecular flexibility index (Phi) is 4.33. The van der Waals surface area contributed by atoms with Gasteiger partial charge >= 0.3 is 0 Å². The summed E-state index contributed by atoms with van der Waals surface area (Å²) in [7, 11) is 0. The van der Waals surface area contributed by atoms with Crippen LogP contribution in [0.1, 0.15) is 29.9 Å². The first kappa shape index (κ1) is 14.2. The maximum atomic E-state index is 6.04. The van der Waals surface area contributed by atoms with Gasteiger partial charge in [-0.15, -0.1) is 0 Å². The summed E-state index contributed by atoms with van der Waals surface area (Å²) in [5, 5.41) is 4.59. The van der Waals surface area contributed by atoms with E-state index in [0.29, 0.717) is 10.0 Å². The molecule has 0 saturated carbocycles. The van der Waals surface area contributed by atoms with Crippen molar-refractivity contribution in [2.75, 3.05) is 5.32 Å². The van der Waals surface area contributed by atoms with Crippen LogP contribution in [-0.4, -0.2) is 4.98 Å². The molecule has 0 amide bonds. The first-order valence-corrected chi connectivity index (χ1v) is 6.88. The molecule has 2 rings (SSSR count). The average molecular weight is 295 g/mol. The topological polar surface area (TPSA) is 24.9 Å². The molecule has 100 valence electrons. The van der Waals surface area contributed by atoms with Gasteiger partial charge in [0.25, 0.3) is 0 Å². The molecule has 2 aromatic rings. The predicted molar refractivity (Wildman–Crippen MR) is 82.2 cm³/mol. The van der Waals surface area contributed by atoms with Crippen molar-refractivity contribution in [2.24, 2.45) is 0 Å². The highest BCUT2D eigenvalue weighted by atomic mass is 35.5. The van der Waals surface area contributed by atoms with Crippen molar-refractivity contribution >= 4 is 28.9 Å². The first-order valence-electron chi connectivity index (χ1n) is 6.13. The maximum absolute atomic E-state index is 6.04. The van der Waals surface area contributed by atoms with E-state index in [2.05, 4.69) is 17.2 Å². The van der Waals surface area contributed by atoms with E-state index in [-0.39, 0.29) is 6.04 Å². The number of rotatable bonds is 3. The molecule has 0 aliphatic rings. The third kappa shape index (κ3) is 3.40. The van der Waals surface area contributed by atoms with Crippen molar-refractivity contribution in [2.45, 2.75) is 26.8 Å². The third-order valence-electron chi connectivity index (χ3n) is 3.04.